The second kappa shape index (κ2) is 10.9. The van der Waals surface area contributed by atoms with E-state index in [0.717, 1.165) is 0 Å². The van der Waals surface area contributed by atoms with E-state index in [4.69, 9.17) is 21.1 Å². The molecule has 4 aromatic rings. The first-order chi connectivity index (χ1) is 16.9. The van der Waals surface area contributed by atoms with Gasteiger partial charge in [0.2, 0.25) is 0 Å². The number of hydrogen-bond donors (Lipinski definition) is 1. The van der Waals surface area contributed by atoms with Gasteiger partial charge in [0.05, 0.1) is 17.1 Å². The van der Waals surface area contributed by atoms with Crippen LogP contribution in [0.25, 0.3) is 10.9 Å². The summed E-state index contributed by atoms with van der Waals surface area (Å²) in [6, 6.07) is 15.9. The van der Waals surface area contributed by atoms with Crippen LogP contribution in [0.15, 0.2) is 67.0 Å². The number of carbonyl (C=O) groups is 2. The minimum absolute atomic E-state index is 0.0334. The lowest BCUT2D eigenvalue weighted by atomic mass is 10.2. The van der Waals surface area contributed by atoms with E-state index >= 15 is 0 Å². The van der Waals surface area contributed by atoms with Gasteiger partial charge in [-0.1, -0.05) is 23.7 Å². The number of halogens is 2. The van der Waals surface area contributed by atoms with Crippen LogP contribution in [0.4, 0.5) is 10.2 Å². The highest BCUT2D eigenvalue weighted by Crippen LogP contribution is 2.28. The summed E-state index contributed by atoms with van der Waals surface area (Å²) in [5.74, 6) is 0.465. The Bertz CT molecular complexity index is 1400. The number of Topliss-reactive ketones (excluding diaryl/α,β-unsaturated/α-hetero) is 1. The quantitative estimate of drug-likeness (QED) is 0.326. The molecule has 0 aliphatic carbocycles. The Morgan fingerprint density at radius 2 is 1.89 bits per heavy atom. The standard InChI is InChI=1S/C26H21ClFN3O4/c1-16(32)9-10-34-20-6-7-23-21(13-20)25(30-15-29-23)31-26(33)18-5-8-24(22(27)12-18)35-14-17-3-2-4-19(28)11-17/h2-8,11-13,15H,9-10,14H2,1H3,(H,29,30,31,33). The number of nitrogens with one attached hydrogen (secondary N) is 1. The van der Waals surface area contributed by atoms with Gasteiger partial charge >= 0.3 is 0 Å². The number of hydrogen-bond acceptors (Lipinski definition) is 6. The minimum Gasteiger partial charge on any atom is -0.493 e. The van der Waals surface area contributed by atoms with Crippen molar-refractivity contribution in [3.63, 3.8) is 0 Å². The van der Waals surface area contributed by atoms with Gasteiger partial charge in [-0.2, -0.15) is 0 Å². The Labute approximate surface area is 205 Å². The van der Waals surface area contributed by atoms with E-state index in [1.54, 1.807) is 42.5 Å². The van der Waals surface area contributed by atoms with Crippen LogP contribution in [0.2, 0.25) is 5.02 Å². The van der Waals surface area contributed by atoms with E-state index in [1.165, 1.54) is 31.5 Å². The molecule has 0 saturated heterocycles. The highest BCUT2D eigenvalue weighted by molar-refractivity contribution is 6.32. The summed E-state index contributed by atoms with van der Waals surface area (Å²) in [7, 11) is 0. The number of aromatic nitrogens is 2. The zero-order valence-corrected chi connectivity index (χ0v) is 19.5. The van der Waals surface area contributed by atoms with Crippen molar-refractivity contribution >= 4 is 40.0 Å². The van der Waals surface area contributed by atoms with Gasteiger partial charge in [0.15, 0.2) is 0 Å². The smallest absolute Gasteiger partial charge is 0.256 e. The van der Waals surface area contributed by atoms with Crippen molar-refractivity contribution in [1.82, 2.24) is 9.97 Å². The van der Waals surface area contributed by atoms with E-state index in [0.29, 0.717) is 45.8 Å². The average Bonchev–Trinajstić information content (AvgIpc) is 2.83. The highest BCUT2D eigenvalue weighted by Gasteiger charge is 2.14. The molecule has 0 spiro atoms. The number of carbonyl (C=O) groups excluding carboxylic acids is 2. The Kier molecular flexibility index (Phi) is 7.52. The molecule has 0 radical (unpaired) electrons. The third-order valence-corrected chi connectivity index (χ3v) is 5.33. The molecular weight excluding hydrogens is 473 g/mol. The van der Waals surface area contributed by atoms with Crippen molar-refractivity contribution in [3.05, 3.63) is 89.0 Å². The van der Waals surface area contributed by atoms with E-state index in [1.807, 2.05) is 0 Å². The van der Waals surface area contributed by atoms with Gasteiger partial charge in [-0.15, -0.1) is 0 Å². The van der Waals surface area contributed by atoms with Crippen molar-refractivity contribution in [2.24, 2.45) is 0 Å². The van der Waals surface area contributed by atoms with Crippen LogP contribution in [0.1, 0.15) is 29.3 Å². The van der Waals surface area contributed by atoms with Crippen molar-refractivity contribution < 1.29 is 23.5 Å². The fourth-order valence-electron chi connectivity index (χ4n) is 3.26. The molecule has 0 fully saturated rings. The first-order valence-electron chi connectivity index (χ1n) is 10.7. The van der Waals surface area contributed by atoms with Crippen molar-refractivity contribution in [2.75, 3.05) is 11.9 Å². The van der Waals surface area contributed by atoms with E-state index < -0.39 is 5.91 Å². The average molecular weight is 494 g/mol. The lowest BCUT2D eigenvalue weighted by Crippen LogP contribution is -2.13. The lowest BCUT2D eigenvalue weighted by molar-refractivity contribution is -0.117. The van der Waals surface area contributed by atoms with Crippen molar-refractivity contribution in [3.8, 4) is 11.5 Å². The maximum Gasteiger partial charge on any atom is 0.256 e. The van der Waals surface area contributed by atoms with Crippen LogP contribution in [0, 0.1) is 5.82 Å². The zero-order chi connectivity index (χ0) is 24.8. The number of ether oxygens (including phenoxy) is 2. The second-order valence-electron chi connectivity index (χ2n) is 7.72. The van der Waals surface area contributed by atoms with Gasteiger partial charge in [-0.3, -0.25) is 9.59 Å². The molecule has 1 aromatic heterocycles. The molecule has 0 atom stereocenters. The molecule has 0 aliphatic rings. The Balaban J connectivity index is 1.47. The van der Waals surface area contributed by atoms with Gasteiger partial charge in [0, 0.05) is 17.4 Å². The highest BCUT2D eigenvalue weighted by atomic mass is 35.5. The summed E-state index contributed by atoms with van der Waals surface area (Å²) in [5, 5.41) is 3.60. The normalized spacial score (nSPS) is 10.7. The van der Waals surface area contributed by atoms with Crippen LogP contribution in [0.5, 0.6) is 11.5 Å². The van der Waals surface area contributed by atoms with Crippen LogP contribution >= 0.6 is 11.6 Å². The van der Waals surface area contributed by atoms with Gasteiger partial charge in [-0.25, -0.2) is 14.4 Å². The summed E-state index contributed by atoms with van der Waals surface area (Å²) in [5.41, 5.74) is 1.57. The largest absolute Gasteiger partial charge is 0.493 e. The van der Waals surface area contributed by atoms with Gasteiger partial charge < -0.3 is 14.8 Å². The molecular formula is C26H21ClFN3O4. The molecule has 9 heteroatoms. The summed E-state index contributed by atoms with van der Waals surface area (Å²) < 4.78 is 24.6. The number of amides is 1. The Morgan fingerprint density at radius 3 is 2.66 bits per heavy atom. The maximum atomic E-state index is 13.3. The molecule has 7 nitrogen and oxygen atoms in total. The van der Waals surface area contributed by atoms with Crippen LogP contribution in [-0.2, 0) is 11.4 Å². The second-order valence-corrected chi connectivity index (χ2v) is 8.13. The number of rotatable bonds is 9. The van der Waals surface area contributed by atoms with Gasteiger partial charge in [0.25, 0.3) is 5.91 Å². The molecule has 0 aliphatic heterocycles. The first kappa shape index (κ1) is 24.1. The molecule has 0 bridgehead atoms. The summed E-state index contributed by atoms with van der Waals surface area (Å²) in [4.78, 5) is 32.4. The van der Waals surface area contributed by atoms with Crippen molar-refractivity contribution in [2.45, 2.75) is 20.0 Å². The summed E-state index contributed by atoms with van der Waals surface area (Å²) in [6.45, 7) is 1.88. The predicted octanol–water partition coefficient (Wildman–Crippen LogP) is 5.61. The minimum atomic E-state index is -0.425. The molecule has 4 rings (SSSR count). The van der Waals surface area contributed by atoms with Crippen molar-refractivity contribution in [1.29, 1.82) is 0 Å². The molecule has 0 unspecified atom stereocenters. The maximum absolute atomic E-state index is 13.3. The third kappa shape index (κ3) is 6.30. The Morgan fingerprint density at radius 1 is 1.03 bits per heavy atom. The SMILES string of the molecule is CC(=O)CCOc1ccc2ncnc(NC(=O)c3ccc(OCc4cccc(F)c4)c(Cl)c3)c2c1. The van der Waals surface area contributed by atoms with Crippen LogP contribution < -0.4 is 14.8 Å². The van der Waals surface area contributed by atoms with Crippen LogP contribution in [-0.4, -0.2) is 28.3 Å². The van der Waals surface area contributed by atoms with Crippen LogP contribution in [0.3, 0.4) is 0 Å². The summed E-state index contributed by atoms with van der Waals surface area (Å²) in [6.07, 6.45) is 1.65. The topological polar surface area (TPSA) is 90.4 Å². The van der Waals surface area contributed by atoms with E-state index in [-0.39, 0.29) is 29.8 Å². The predicted molar refractivity (Wildman–Crippen MR) is 130 cm³/mol. The van der Waals surface area contributed by atoms with E-state index in [2.05, 4.69) is 15.3 Å². The monoisotopic (exact) mass is 493 g/mol. The zero-order valence-electron chi connectivity index (χ0n) is 18.8. The number of ketones is 1. The molecule has 1 heterocycles. The van der Waals surface area contributed by atoms with Gasteiger partial charge in [0.1, 0.15) is 41.9 Å². The molecule has 0 saturated carbocycles. The number of anilines is 1. The van der Waals surface area contributed by atoms with E-state index in [9.17, 15) is 14.0 Å². The Hall–Kier alpha value is -4.04. The number of fused-ring (bicyclic) bond motifs is 1. The fraction of sp³-hybridized carbons (Fsp3) is 0.154. The first-order valence-corrected chi connectivity index (χ1v) is 11.1. The molecule has 1 amide bonds. The third-order valence-electron chi connectivity index (χ3n) is 5.04. The number of nitrogens with zero attached hydrogens (tertiary/aromatic N) is 2. The lowest BCUT2D eigenvalue weighted by Gasteiger charge is -2.11. The fourth-order valence-corrected chi connectivity index (χ4v) is 3.50. The summed E-state index contributed by atoms with van der Waals surface area (Å²) >= 11 is 6.32. The van der Waals surface area contributed by atoms with Gasteiger partial charge in [-0.05, 0) is 61.0 Å². The number of benzene rings is 3. The molecule has 1 N–H and O–H groups in total. The molecule has 3 aromatic carbocycles. The molecule has 178 valence electrons. The molecule has 35 heavy (non-hydrogen) atoms.